The van der Waals surface area contributed by atoms with E-state index in [-0.39, 0.29) is 17.9 Å². The smallest absolute Gasteiger partial charge is 0.306 e. The molecule has 0 spiro atoms. The van der Waals surface area contributed by atoms with Crippen molar-refractivity contribution in [2.24, 2.45) is 5.92 Å². The van der Waals surface area contributed by atoms with Gasteiger partial charge in [0.05, 0.1) is 10.4 Å². The molecule has 5 nitrogen and oxygen atoms in total. The summed E-state index contributed by atoms with van der Waals surface area (Å²) in [4.78, 5) is 27.0. The van der Waals surface area contributed by atoms with Gasteiger partial charge in [-0.05, 0) is 57.2 Å². The third-order valence-electron chi connectivity index (χ3n) is 3.14. The molecule has 19 heavy (non-hydrogen) atoms. The first kappa shape index (κ1) is 14.5. The van der Waals surface area contributed by atoms with Crippen molar-refractivity contribution < 1.29 is 14.7 Å². The number of hydrogen-bond donors (Lipinski definition) is 2. The Morgan fingerprint density at radius 1 is 1.37 bits per heavy atom. The van der Waals surface area contributed by atoms with Crippen LogP contribution in [0.15, 0.2) is 21.2 Å². The summed E-state index contributed by atoms with van der Waals surface area (Å²) in [7, 11) is 0. The van der Waals surface area contributed by atoms with Crippen molar-refractivity contribution in [3.8, 4) is 0 Å². The number of aliphatic carboxylic acids is 1. The van der Waals surface area contributed by atoms with Gasteiger partial charge in [0.2, 0.25) is 0 Å². The van der Waals surface area contributed by atoms with Crippen molar-refractivity contribution in [2.75, 3.05) is 0 Å². The van der Waals surface area contributed by atoms with Crippen LogP contribution < -0.4 is 5.32 Å². The predicted molar refractivity (Wildman–Crippen MR) is 75.9 cm³/mol. The molecule has 2 N–H and O–H groups in total. The Hall–Kier alpha value is -0.950. The van der Waals surface area contributed by atoms with Gasteiger partial charge < -0.3 is 10.4 Å². The highest BCUT2D eigenvalue weighted by molar-refractivity contribution is 9.11. The number of halogens is 2. The minimum Gasteiger partial charge on any atom is -0.481 e. The quantitative estimate of drug-likeness (QED) is 0.829. The van der Waals surface area contributed by atoms with E-state index in [9.17, 15) is 9.59 Å². The lowest BCUT2D eigenvalue weighted by atomic mass is 10.1. The third-order valence-corrected chi connectivity index (χ3v) is 4.18. The van der Waals surface area contributed by atoms with Crippen LogP contribution in [0.1, 0.15) is 29.8 Å². The van der Waals surface area contributed by atoms with Gasteiger partial charge in [0.25, 0.3) is 5.91 Å². The Balaban J connectivity index is 2.00. The van der Waals surface area contributed by atoms with Gasteiger partial charge in [-0.1, -0.05) is 0 Å². The average molecular weight is 392 g/mol. The van der Waals surface area contributed by atoms with E-state index in [4.69, 9.17) is 5.11 Å². The average Bonchev–Trinajstić information content (AvgIpc) is 2.77. The Bertz CT molecular complexity index is 522. The number of rotatable bonds is 3. The minimum atomic E-state index is -0.792. The zero-order chi connectivity index (χ0) is 14.0. The van der Waals surface area contributed by atoms with E-state index < -0.39 is 5.97 Å². The second-order valence-corrected chi connectivity index (χ2v) is 6.27. The molecule has 1 aliphatic rings. The fourth-order valence-corrected chi connectivity index (χ4v) is 3.34. The highest BCUT2D eigenvalue weighted by Crippen LogP contribution is 2.26. The first-order chi connectivity index (χ1) is 8.97. The third kappa shape index (κ3) is 3.54. The summed E-state index contributed by atoms with van der Waals surface area (Å²) in [5.74, 6) is -1.43. The van der Waals surface area contributed by atoms with Crippen molar-refractivity contribution in [1.29, 1.82) is 0 Å². The molecule has 1 saturated carbocycles. The van der Waals surface area contributed by atoms with Crippen LogP contribution in [0, 0.1) is 5.92 Å². The molecule has 1 aliphatic carbocycles. The number of hydrogen-bond acceptors (Lipinski definition) is 3. The summed E-state index contributed by atoms with van der Waals surface area (Å²) in [5, 5.41) is 11.7. The van der Waals surface area contributed by atoms with Gasteiger partial charge in [-0.25, -0.2) is 4.98 Å². The van der Waals surface area contributed by atoms with Gasteiger partial charge in [-0.3, -0.25) is 9.59 Å². The van der Waals surface area contributed by atoms with E-state index in [0.29, 0.717) is 29.4 Å². The topological polar surface area (TPSA) is 79.3 Å². The Labute approximate surface area is 127 Å². The Kier molecular flexibility index (Phi) is 4.57. The molecule has 0 aromatic carbocycles. The van der Waals surface area contributed by atoms with Crippen molar-refractivity contribution in [2.45, 2.75) is 25.3 Å². The number of nitrogens with zero attached hydrogens (tertiary/aromatic N) is 1. The molecule has 1 aromatic heterocycles. The molecule has 1 aromatic rings. The van der Waals surface area contributed by atoms with Crippen LogP contribution in [0.2, 0.25) is 0 Å². The van der Waals surface area contributed by atoms with Crippen LogP contribution in [-0.4, -0.2) is 28.0 Å². The maximum absolute atomic E-state index is 12.0. The largest absolute Gasteiger partial charge is 0.481 e. The zero-order valence-electron chi connectivity index (χ0n) is 9.90. The van der Waals surface area contributed by atoms with Gasteiger partial charge >= 0.3 is 5.97 Å². The van der Waals surface area contributed by atoms with Crippen molar-refractivity contribution >= 4 is 43.7 Å². The van der Waals surface area contributed by atoms with Crippen molar-refractivity contribution in [1.82, 2.24) is 10.3 Å². The molecule has 1 heterocycles. The number of carbonyl (C=O) groups excluding carboxylic acids is 1. The number of carbonyl (C=O) groups is 2. The monoisotopic (exact) mass is 390 g/mol. The Morgan fingerprint density at radius 3 is 2.68 bits per heavy atom. The molecule has 0 radical (unpaired) electrons. The maximum atomic E-state index is 12.0. The fraction of sp³-hybridized carbons (Fsp3) is 0.417. The molecule has 0 aliphatic heterocycles. The first-order valence-electron chi connectivity index (χ1n) is 5.82. The molecule has 2 rings (SSSR count). The summed E-state index contributed by atoms with van der Waals surface area (Å²) in [6, 6.07) is 1.65. The number of aromatic nitrogens is 1. The highest BCUT2D eigenvalue weighted by Gasteiger charge is 2.31. The molecule has 1 amide bonds. The predicted octanol–water partition coefficient (Wildman–Crippen LogP) is 2.59. The second-order valence-electron chi connectivity index (χ2n) is 4.50. The van der Waals surface area contributed by atoms with E-state index in [0.717, 1.165) is 4.47 Å². The van der Waals surface area contributed by atoms with Gasteiger partial charge in [-0.2, -0.15) is 0 Å². The second kappa shape index (κ2) is 6.00. The maximum Gasteiger partial charge on any atom is 0.306 e. The van der Waals surface area contributed by atoms with Crippen LogP contribution in [0.3, 0.4) is 0 Å². The summed E-state index contributed by atoms with van der Waals surface area (Å²) >= 11 is 6.55. The summed E-state index contributed by atoms with van der Waals surface area (Å²) in [5.41, 5.74) is 0.307. The van der Waals surface area contributed by atoms with Crippen LogP contribution in [-0.2, 0) is 4.79 Å². The number of amides is 1. The normalized spacial score (nSPS) is 22.2. The van der Waals surface area contributed by atoms with Gasteiger partial charge in [0.15, 0.2) is 0 Å². The van der Waals surface area contributed by atoms with E-state index in [1.54, 1.807) is 12.3 Å². The standard InChI is InChI=1S/C12H12Br2N2O3/c13-7-4-9(14)10(15-5-7)11(17)16-8-2-1-6(3-8)12(18)19/h4-6,8H,1-3H2,(H,16,17)(H,18,19)/t6-,8+/m1/s1. The molecule has 0 bridgehead atoms. The zero-order valence-corrected chi connectivity index (χ0v) is 13.1. The molecule has 0 unspecified atom stereocenters. The highest BCUT2D eigenvalue weighted by atomic mass is 79.9. The molecule has 2 atom stereocenters. The van der Waals surface area contributed by atoms with E-state index in [2.05, 4.69) is 42.2 Å². The SMILES string of the molecule is O=C(N[C@H]1CC[C@@H](C(=O)O)C1)c1ncc(Br)cc1Br. The molecular weight excluding hydrogens is 380 g/mol. The number of carboxylic acid groups (broad SMARTS) is 1. The lowest BCUT2D eigenvalue weighted by Crippen LogP contribution is -2.34. The number of pyridine rings is 1. The van der Waals surface area contributed by atoms with Crippen LogP contribution in [0.5, 0.6) is 0 Å². The minimum absolute atomic E-state index is 0.0917. The van der Waals surface area contributed by atoms with Crippen LogP contribution in [0.4, 0.5) is 0 Å². The van der Waals surface area contributed by atoms with Crippen LogP contribution >= 0.6 is 31.9 Å². The van der Waals surface area contributed by atoms with Gasteiger partial charge in [0.1, 0.15) is 5.69 Å². The number of nitrogens with one attached hydrogen (secondary N) is 1. The van der Waals surface area contributed by atoms with Crippen LogP contribution in [0.25, 0.3) is 0 Å². The summed E-state index contributed by atoms with van der Waals surface area (Å²) in [6.07, 6.45) is 3.33. The lowest BCUT2D eigenvalue weighted by Gasteiger charge is -2.12. The fourth-order valence-electron chi connectivity index (χ4n) is 2.17. The Morgan fingerprint density at radius 2 is 2.11 bits per heavy atom. The number of carboxylic acids is 1. The first-order valence-corrected chi connectivity index (χ1v) is 7.40. The van der Waals surface area contributed by atoms with Crippen molar-refractivity contribution in [3.63, 3.8) is 0 Å². The molecule has 102 valence electrons. The molecule has 7 heteroatoms. The van der Waals surface area contributed by atoms with E-state index >= 15 is 0 Å². The summed E-state index contributed by atoms with van der Waals surface area (Å²) in [6.45, 7) is 0. The van der Waals surface area contributed by atoms with Gasteiger partial charge in [0, 0.05) is 16.7 Å². The van der Waals surface area contributed by atoms with E-state index in [1.807, 2.05) is 0 Å². The molecule has 0 saturated heterocycles. The summed E-state index contributed by atoms with van der Waals surface area (Å²) < 4.78 is 1.38. The van der Waals surface area contributed by atoms with E-state index in [1.165, 1.54) is 0 Å². The molecular formula is C12H12Br2N2O3. The lowest BCUT2D eigenvalue weighted by molar-refractivity contribution is -0.141. The molecule has 1 fully saturated rings. The van der Waals surface area contributed by atoms with Gasteiger partial charge in [-0.15, -0.1) is 0 Å². The van der Waals surface area contributed by atoms with Crippen molar-refractivity contribution in [3.05, 3.63) is 26.9 Å².